The molecule has 0 aliphatic carbocycles. The Morgan fingerprint density at radius 2 is 0.684 bits per heavy atom. The van der Waals surface area contributed by atoms with Crippen LogP contribution in [0.5, 0.6) is 0 Å². The molecule has 6 rings (SSSR count). The van der Waals surface area contributed by atoms with Crippen LogP contribution in [0.25, 0.3) is 0 Å². The van der Waals surface area contributed by atoms with Gasteiger partial charge >= 0.3 is 30.5 Å². The second-order valence-corrected chi connectivity index (χ2v) is 12.1. The zero-order valence-corrected chi connectivity index (χ0v) is 30.0. The van der Waals surface area contributed by atoms with E-state index in [0.717, 1.165) is 0 Å². The molecule has 1 heterocycles. The average Bonchev–Trinajstić information content (AvgIpc) is 3.21. The van der Waals surface area contributed by atoms with E-state index < -0.39 is 67.8 Å². The van der Waals surface area contributed by atoms with E-state index in [0.29, 0.717) is 28.4 Å². The topological polar surface area (TPSA) is 201 Å². The molecule has 5 amide bonds. The van der Waals surface area contributed by atoms with Crippen LogP contribution in [0.1, 0.15) is 0 Å². The first-order valence-corrected chi connectivity index (χ1v) is 17.5. The summed E-state index contributed by atoms with van der Waals surface area (Å²) in [5, 5.41) is 12.8. The van der Waals surface area contributed by atoms with E-state index >= 15 is 0 Å². The van der Waals surface area contributed by atoms with Gasteiger partial charge in [-0.1, -0.05) is 91.0 Å². The number of anilines is 5. The SMILES string of the molecule is O=C(Nc1ccccc1)OC[C@@H]1O[C@@H](OC(=O)Nc2ccccc2)[C@@H](OC(=O)Nc2ccccc2)[C@@H](OC(=O)Nc2ccccc2)[C@H]1OC(=O)Nc1ccccc1. The normalized spacial score (nSPS) is 18.4. The van der Waals surface area contributed by atoms with Crippen molar-refractivity contribution in [3.8, 4) is 0 Å². The fourth-order valence-electron chi connectivity index (χ4n) is 5.49. The predicted molar refractivity (Wildman–Crippen MR) is 208 cm³/mol. The van der Waals surface area contributed by atoms with Gasteiger partial charge in [0.2, 0.25) is 12.4 Å². The summed E-state index contributed by atoms with van der Waals surface area (Å²) in [7, 11) is 0. The lowest BCUT2D eigenvalue weighted by molar-refractivity contribution is -0.279. The largest absolute Gasteiger partial charge is 0.446 e. The summed E-state index contributed by atoms with van der Waals surface area (Å²) in [6.07, 6.45) is -13.8. The summed E-state index contributed by atoms with van der Waals surface area (Å²) in [5.41, 5.74) is 1.79. The van der Waals surface area contributed by atoms with E-state index in [1.54, 1.807) is 152 Å². The molecule has 5 N–H and O–H groups in total. The van der Waals surface area contributed by atoms with Crippen LogP contribution in [0.3, 0.4) is 0 Å². The van der Waals surface area contributed by atoms with Gasteiger partial charge in [0, 0.05) is 28.4 Å². The lowest BCUT2D eigenvalue weighted by Gasteiger charge is -2.43. The van der Waals surface area contributed by atoms with Crippen LogP contribution in [0, 0.1) is 0 Å². The average molecular weight is 776 g/mol. The molecule has 5 atom stereocenters. The fraction of sp³-hybridized carbons (Fsp3) is 0.146. The molecule has 1 fully saturated rings. The highest BCUT2D eigenvalue weighted by atomic mass is 16.8. The number of ether oxygens (including phenoxy) is 6. The molecule has 16 nitrogen and oxygen atoms in total. The van der Waals surface area contributed by atoms with E-state index in [-0.39, 0.29) is 0 Å². The second-order valence-electron chi connectivity index (χ2n) is 12.1. The Morgan fingerprint density at radius 3 is 1.05 bits per heavy atom. The summed E-state index contributed by atoms with van der Waals surface area (Å²) in [5.74, 6) is 0. The van der Waals surface area contributed by atoms with Crippen LogP contribution in [0.2, 0.25) is 0 Å². The number of carbonyl (C=O) groups excluding carboxylic acids is 5. The van der Waals surface area contributed by atoms with Crippen molar-refractivity contribution in [3.63, 3.8) is 0 Å². The molecular formula is C41H37N5O11. The van der Waals surface area contributed by atoms with Gasteiger partial charge in [-0.2, -0.15) is 0 Å². The highest BCUT2D eigenvalue weighted by molar-refractivity contribution is 5.87. The molecule has 0 spiro atoms. The van der Waals surface area contributed by atoms with Crippen LogP contribution >= 0.6 is 0 Å². The third-order valence-corrected chi connectivity index (χ3v) is 8.02. The van der Waals surface area contributed by atoms with Crippen LogP contribution in [0.15, 0.2) is 152 Å². The van der Waals surface area contributed by atoms with Gasteiger partial charge < -0.3 is 28.4 Å². The lowest BCUT2D eigenvalue weighted by atomic mass is 9.98. The number of rotatable bonds is 11. The lowest BCUT2D eigenvalue weighted by Crippen LogP contribution is -2.64. The van der Waals surface area contributed by atoms with Crippen molar-refractivity contribution in [3.05, 3.63) is 152 Å². The van der Waals surface area contributed by atoms with Gasteiger partial charge in [-0.3, -0.25) is 26.6 Å². The minimum absolute atomic E-state index is 0.334. The molecule has 292 valence electrons. The molecule has 0 bridgehead atoms. The van der Waals surface area contributed by atoms with Crippen molar-refractivity contribution in [2.75, 3.05) is 33.2 Å². The maximum atomic E-state index is 13.6. The molecule has 0 saturated carbocycles. The first-order chi connectivity index (χ1) is 27.8. The molecule has 1 saturated heterocycles. The molecule has 1 aliphatic rings. The molecular weight excluding hydrogens is 738 g/mol. The Balaban J connectivity index is 1.34. The summed E-state index contributed by atoms with van der Waals surface area (Å²) < 4.78 is 34.8. The zero-order valence-electron chi connectivity index (χ0n) is 30.0. The molecule has 0 unspecified atom stereocenters. The van der Waals surface area contributed by atoms with Crippen molar-refractivity contribution in [2.24, 2.45) is 0 Å². The van der Waals surface area contributed by atoms with Gasteiger partial charge in [-0.15, -0.1) is 0 Å². The Bertz CT molecular complexity index is 2080. The Kier molecular flexibility index (Phi) is 13.5. The molecule has 57 heavy (non-hydrogen) atoms. The maximum Gasteiger partial charge on any atom is 0.414 e. The van der Waals surface area contributed by atoms with E-state index in [1.807, 2.05) is 0 Å². The molecule has 0 aromatic heterocycles. The van der Waals surface area contributed by atoms with E-state index in [9.17, 15) is 24.0 Å². The number of carbonyl (C=O) groups is 5. The number of para-hydroxylation sites is 5. The molecule has 1 aliphatic heterocycles. The molecule has 0 radical (unpaired) electrons. The van der Waals surface area contributed by atoms with Crippen molar-refractivity contribution in [2.45, 2.75) is 30.7 Å². The van der Waals surface area contributed by atoms with Gasteiger partial charge in [0.15, 0.2) is 12.2 Å². The quantitative estimate of drug-likeness (QED) is 0.0813. The number of hydrogen-bond donors (Lipinski definition) is 5. The smallest absolute Gasteiger partial charge is 0.414 e. The zero-order chi connectivity index (χ0) is 39.8. The van der Waals surface area contributed by atoms with Crippen LogP contribution in [-0.2, 0) is 28.4 Å². The highest BCUT2D eigenvalue weighted by Crippen LogP contribution is 2.31. The Labute approximate surface area is 326 Å². The number of nitrogens with one attached hydrogen (secondary N) is 5. The maximum absolute atomic E-state index is 13.6. The minimum Gasteiger partial charge on any atom is -0.446 e. The van der Waals surface area contributed by atoms with Crippen LogP contribution < -0.4 is 26.6 Å². The number of benzene rings is 5. The van der Waals surface area contributed by atoms with E-state index in [1.165, 1.54) is 0 Å². The van der Waals surface area contributed by atoms with Gasteiger partial charge in [-0.25, -0.2) is 24.0 Å². The summed E-state index contributed by atoms with van der Waals surface area (Å²) in [6.45, 7) is -0.648. The Morgan fingerprint density at radius 1 is 0.386 bits per heavy atom. The van der Waals surface area contributed by atoms with Crippen molar-refractivity contribution < 1.29 is 52.4 Å². The number of hydrogen-bond acceptors (Lipinski definition) is 11. The monoisotopic (exact) mass is 775 g/mol. The van der Waals surface area contributed by atoms with Gasteiger partial charge in [0.05, 0.1) is 0 Å². The van der Waals surface area contributed by atoms with Crippen LogP contribution in [-0.4, -0.2) is 67.8 Å². The van der Waals surface area contributed by atoms with Crippen molar-refractivity contribution in [1.82, 2.24) is 0 Å². The summed E-state index contributed by atoms with van der Waals surface area (Å²) >= 11 is 0. The highest BCUT2D eigenvalue weighted by Gasteiger charge is 2.54. The Hall–Kier alpha value is -7.59. The van der Waals surface area contributed by atoms with Gasteiger partial charge in [-0.05, 0) is 60.7 Å². The molecule has 5 aromatic rings. The van der Waals surface area contributed by atoms with Gasteiger partial charge in [0.1, 0.15) is 12.7 Å². The van der Waals surface area contributed by atoms with Crippen molar-refractivity contribution in [1.29, 1.82) is 0 Å². The minimum atomic E-state index is -1.85. The van der Waals surface area contributed by atoms with Gasteiger partial charge in [0.25, 0.3) is 0 Å². The third-order valence-electron chi connectivity index (χ3n) is 8.02. The van der Waals surface area contributed by atoms with Crippen molar-refractivity contribution >= 4 is 58.9 Å². The fourth-order valence-corrected chi connectivity index (χ4v) is 5.49. The third kappa shape index (κ3) is 12.0. The summed E-state index contributed by atoms with van der Waals surface area (Å²) in [4.78, 5) is 66.8. The predicted octanol–water partition coefficient (Wildman–Crippen LogP) is 8.06. The molecule has 16 heteroatoms. The number of amides is 5. The first kappa shape index (κ1) is 39.1. The standard InChI is InChI=1S/C41H37N5O11/c47-37(42-27-16-6-1-7-17-27)52-26-32-33(54-38(48)43-28-18-8-2-9-19-28)34(55-39(49)44-29-20-10-3-11-21-29)35(56-40(50)45-30-22-12-4-13-23-30)36(53-32)57-41(51)46-31-24-14-5-15-25-31/h1-25,32-36H,26H2,(H,42,47)(H,43,48)(H,44,49)(H,45,50)(H,46,51)/t32-,33-,34-,35-,36-/m0/s1. The van der Waals surface area contributed by atoms with E-state index in [2.05, 4.69) is 26.6 Å². The second kappa shape index (κ2) is 19.7. The first-order valence-electron chi connectivity index (χ1n) is 17.5. The van der Waals surface area contributed by atoms with Crippen LogP contribution in [0.4, 0.5) is 52.4 Å². The van der Waals surface area contributed by atoms with E-state index in [4.69, 9.17) is 28.4 Å². The summed E-state index contributed by atoms with van der Waals surface area (Å²) in [6, 6.07) is 41.6. The molecule has 5 aromatic carbocycles.